The van der Waals surface area contributed by atoms with Gasteiger partial charge in [-0.3, -0.25) is 4.98 Å². The van der Waals surface area contributed by atoms with E-state index in [4.69, 9.17) is 11.6 Å². The molecule has 0 saturated carbocycles. The van der Waals surface area contributed by atoms with E-state index >= 15 is 0 Å². The van der Waals surface area contributed by atoms with Crippen LogP contribution in [0, 0.1) is 5.92 Å². The van der Waals surface area contributed by atoms with E-state index in [0.717, 1.165) is 28.9 Å². The summed E-state index contributed by atoms with van der Waals surface area (Å²) in [5.74, 6) is 1.31. The second kappa shape index (κ2) is 5.61. The highest BCUT2D eigenvalue weighted by atomic mass is 79.9. The Morgan fingerprint density at radius 2 is 2.31 bits per heavy atom. The number of rotatable bonds is 4. The van der Waals surface area contributed by atoms with E-state index in [2.05, 4.69) is 27.8 Å². The number of aromatic nitrogens is 1. The van der Waals surface area contributed by atoms with E-state index in [1.54, 1.807) is 0 Å². The van der Waals surface area contributed by atoms with Crippen molar-refractivity contribution in [2.45, 2.75) is 19.8 Å². The minimum absolute atomic E-state index is 0.576. The van der Waals surface area contributed by atoms with Crippen LogP contribution in [-0.4, -0.2) is 10.9 Å². The lowest BCUT2D eigenvalue weighted by Gasteiger charge is -2.05. The Balaban J connectivity index is 2.41. The molecule has 1 rings (SSSR count). The quantitative estimate of drug-likeness (QED) is 0.755. The van der Waals surface area contributed by atoms with Crippen LogP contribution in [0.4, 0.5) is 0 Å². The van der Waals surface area contributed by atoms with Crippen molar-refractivity contribution in [1.29, 1.82) is 0 Å². The fraction of sp³-hybridized carbons (Fsp3) is 0.500. The number of pyridine rings is 1. The molecular formula is C10H13BrClN. The molecule has 1 aromatic rings. The zero-order chi connectivity index (χ0) is 9.68. The van der Waals surface area contributed by atoms with Crippen molar-refractivity contribution >= 4 is 27.5 Å². The van der Waals surface area contributed by atoms with Crippen molar-refractivity contribution in [2.75, 3.05) is 5.88 Å². The Morgan fingerprint density at radius 3 is 2.85 bits per heavy atom. The van der Waals surface area contributed by atoms with Crippen LogP contribution < -0.4 is 0 Å². The highest BCUT2D eigenvalue weighted by Crippen LogP contribution is 2.12. The summed E-state index contributed by atoms with van der Waals surface area (Å²) in [5.41, 5.74) is 1.14. The van der Waals surface area contributed by atoms with Crippen molar-refractivity contribution in [3.8, 4) is 0 Å². The van der Waals surface area contributed by atoms with Crippen LogP contribution in [0.3, 0.4) is 0 Å². The Kier molecular flexibility index (Phi) is 4.74. The summed E-state index contributed by atoms with van der Waals surface area (Å²) in [6, 6.07) is 4.07. The molecule has 0 saturated heterocycles. The lowest BCUT2D eigenvalue weighted by molar-refractivity contribution is 0.587. The van der Waals surface area contributed by atoms with Crippen LogP contribution in [-0.2, 0) is 6.42 Å². The number of hydrogen-bond acceptors (Lipinski definition) is 1. The van der Waals surface area contributed by atoms with Gasteiger partial charge in [0.15, 0.2) is 0 Å². The molecule has 0 bridgehead atoms. The molecule has 3 heteroatoms. The van der Waals surface area contributed by atoms with Gasteiger partial charge in [0.2, 0.25) is 0 Å². The van der Waals surface area contributed by atoms with Crippen LogP contribution >= 0.6 is 27.5 Å². The van der Waals surface area contributed by atoms with Crippen molar-refractivity contribution in [3.63, 3.8) is 0 Å². The molecule has 0 amide bonds. The summed E-state index contributed by atoms with van der Waals surface area (Å²) in [4.78, 5) is 4.29. The first-order valence-electron chi connectivity index (χ1n) is 4.38. The van der Waals surface area contributed by atoms with Crippen LogP contribution in [0.25, 0.3) is 0 Å². The summed E-state index contributed by atoms with van der Waals surface area (Å²) >= 11 is 9.07. The number of hydrogen-bond donors (Lipinski definition) is 0. The Hall–Kier alpha value is -0.0800. The molecule has 1 nitrogen and oxygen atoms in total. The Morgan fingerprint density at radius 1 is 1.54 bits per heavy atom. The molecule has 0 spiro atoms. The molecule has 1 heterocycles. The number of alkyl halides is 1. The average Bonchev–Trinajstić information content (AvgIpc) is 2.16. The molecule has 0 fully saturated rings. The summed E-state index contributed by atoms with van der Waals surface area (Å²) in [5, 5.41) is 0. The molecule has 0 N–H and O–H groups in total. The maximum Gasteiger partial charge on any atom is 0.0413 e. The molecule has 72 valence electrons. The number of aryl methyl sites for hydroxylation is 1. The van der Waals surface area contributed by atoms with Gasteiger partial charge in [-0.05, 0) is 46.8 Å². The fourth-order valence-electron chi connectivity index (χ4n) is 1.03. The SMILES string of the molecule is CC(CCl)CCc1ccc(Br)cn1. The highest BCUT2D eigenvalue weighted by Gasteiger charge is 2.01. The van der Waals surface area contributed by atoms with Crippen molar-refractivity contribution in [2.24, 2.45) is 5.92 Å². The van der Waals surface area contributed by atoms with Crippen molar-refractivity contribution in [1.82, 2.24) is 4.98 Å². The van der Waals surface area contributed by atoms with Gasteiger partial charge in [-0.25, -0.2) is 0 Å². The molecule has 1 atom stereocenters. The van der Waals surface area contributed by atoms with Crippen LogP contribution in [0.1, 0.15) is 19.0 Å². The molecule has 0 aliphatic heterocycles. The van der Waals surface area contributed by atoms with Gasteiger partial charge in [-0.1, -0.05) is 6.92 Å². The van der Waals surface area contributed by atoms with Crippen LogP contribution in [0.5, 0.6) is 0 Å². The van der Waals surface area contributed by atoms with Gasteiger partial charge in [-0.2, -0.15) is 0 Å². The molecule has 0 radical (unpaired) electrons. The van der Waals surface area contributed by atoms with Gasteiger partial charge in [0.1, 0.15) is 0 Å². The largest absolute Gasteiger partial charge is 0.260 e. The number of nitrogens with zero attached hydrogens (tertiary/aromatic N) is 1. The third kappa shape index (κ3) is 4.10. The molecule has 1 aromatic heterocycles. The second-order valence-electron chi connectivity index (χ2n) is 3.27. The van der Waals surface area contributed by atoms with Gasteiger partial charge >= 0.3 is 0 Å². The monoisotopic (exact) mass is 261 g/mol. The lowest BCUT2D eigenvalue weighted by atomic mass is 10.1. The highest BCUT2D eigenvalue weighted by molar-refractivity contribution is 9.10. The van der Waals surface area contributed by atoms with E-state index < -0.39 is 0 Å². The Bertz CT molecular complexity index is 248. The minimum atomic E-state index is 0.576. The molecule has 1 unspecified atom stereocenters. The summed E-state index contributed by atoms with van der Waals surface area (Å²) < 4.78 is 1.03. The predicted octanol–water partition coefficient (Wildman–Crippen LogP) is 3.65. The van der Waals surface area contributed by atoms with Crippen molar-refractivity contribution < 1.29 is 0 Å². The standard InChI is InChI=1S/C10H13BrClN/c1-8(6-12)2-4-10-5-3-9(11)7-13-10/h3,5,7-8H,2,4,6H2,1H3. The number of halogens is 2. The maximum absolute atomic E-state index is 5.72. The van der Waals surface area contributed by atoms with Crippen LogP contribution in [0.15, 0.2) is 22.8 Å². The van der Waals surface area contributed by atoms with Gasteiger partial charge in [0.25, 0.3) is 0 Å². The van der Waals surface area contributed by atoms with Gasteiger partial charge in [-0.15, -0.1) is 11.6 Å². The normalized spacial score (nSPS) is 12.8. The molecule has 0 aromatic carbocycles. The zero-order valence-electron chi connectivity index (χ0n) is 7.63. The zero-order valence-corrected chi connectivity index (χ0v) is 9.98. The summed E-state index contributed by atoms with van der Waals surface area (Å²) in [6.45, 7) is 2.16. The maximum atomic E-state index is 5.72. The van der Waals surface area contributed by atoms with E-state index in [1.165, 1.54) is 0 Å². The average molecular weight is 263 g/mol. The summed E-state index contributed by atoms with van der Waals surface area (Å²) in [7, 11) is 0. The third-order valence-corrected chi connectivity index (χ3v) is 2.94. The molecule has 0 aliphatic rings. The fourth-order valence-corrected chi connectivity index (χ4v) is 1.41. The lowest BCUT2D eigenvalue weighted by Crippen LogP contribution is -1.99. The Labute approximate surface area is 92.6 Å². The first kappa shape index (κ1) is 11.0. The van der Waals surface area contributed by atoms with Crippen LogP contribution in [0.2, 0.25) is 0 Å². The smallest absolute Gasteiger partial charge is 0.0413 e. The summed E-state index contributed by atoms with van der Waals surface area (Å²) in [6.07, 6.45) is 3.96. The molecule has 13 heavy (non-hydrogen) atoms. The first-order chi connectivity index (χ1) is 6.22. The molecule has 0 aliphatic carbocycles. The molecular weight excluding hydrogens is 249 g/mol. The van der Waals surface area contributed by atoms with Crippen molar-refractivity contribution in [3.05, 3.63) is 28.5 Å². The van der Waals surface area contributed by atoms with E-state index in [-0.39, 0.29) is 0 Å². The van der Waals surface area contributed by atoms with E-state index in [1.807, 2.05) is 18.3 Å². The van der Waals surface area contributed by atoms with E-state index in [9.17, 15) is 0 Å². The van der Waals surface area contributed by atoms with Gasteiger partial charge in [0, 0.05) is 22.2 Å². The second-order valence-corrected chi connectivity index (χ2v) is 4.49. The topological polar surface area (TPSA) is 12.9 Å². The third-order valence-electron chi connectivity index (χ3n) is 1.95. The predicted molar refractivity (Wildman–Crippen MR) is 60.1 cm³/mol. The van der Waals surface area contributed by atoms with Gasteiger partial charge in [0.05, 0.1) is 0 Å². The van der Waals surface area contributed by atoms with Gasteiger partial charge < -0.3 is 0 Å². The van der Waals surface area contributed by atoms with E-state index in [0.29, 0.717) is 5.92 Å². The minimum Gasteiger partial charge on any atom is -0.260 e. The first-order valence-corrected chi connectivity index (χ1v) is 5.71.